The van der Waals surface area contributed by atoms with Crippen molar-refractivity contribution in [2.75, 3.05) is 13.1 Å². The summed E-state index contributed by atoms with van der Waals surface area (Å²) >= 11 is 0. The fraction of sp³-hybridized carbons (Fsp3) is 0.632. The molecule has 2 unspecified atom stereocenters. The molecule has 2 rings (SSSR count). The number of rotatable bonds is 6. The van der Waals surface area contributed by atoms with Gasteiger partial charge < -0.3 is 10.6 Å². The van der Waals surface area contributed by atoms with Gasteiger partial charge >= 0.3 is 0 Å². The van der Waals surface area contributed by atoms with Gasteiger partial charge in [0.2, 0.25) is 5.91 Å². The van der Waals surface area contributed by atoms with E-state index < -0.39 is 0 Å². The fourth-order valence-corrected chi connectivity index (χ4v) is 3.71. The minimum absolute atomic E-state index is 0.267. The van der Waals surface area contributed by atoms with E-state index in [9.17, 15) is 4.79 Å². The van der Waals surface area contributed by atoms with E-state index in [0.29, 0.717) is 18.5 Å². The molecule has 3 heteroatoms. The summed E-state index contributed by atoms with van der Waals surface area (Å²) in [6.45, 7) is 7.68. The van der Waals surface area contributed by atoms with Crippen molar-refractivity contribution < 1.29 is 4.79 Å². The molecule has 22 heavy (non-hydrogen) atoms. The molecular formula is C19H30N2O. The predicted molar refractivity (Wildman–Crippen MR) is 91.5 cm³/mol. The molecule has 0 saturated carbocycles. The van der Waals surface area contributed by atoms with Crippen molar-refractivity contribution >= 4 is 5.91 Å². The number of nitrogens with two attached hydrogens (primary N) is 1. The summed E-state index contributed by atoms with van der Waals surface area (Å²) in [5.74, 6) is 0.818. The Morgan fingerprint density at radius 2 is 1.91 bits per heavy atom. The number of likely N-dealkylation sites (tertiary alicyclic amines) is 1. The van der Waals surface area contributed by atoms with Crippen molar-refractivity contribution in [3.8, 4) is 0 Å². The summed E-state index contributed by atoms with van der Waals surface area (Å²) in [7, 11) is 0. The van der Waals surface area contributed by atoms with Gasteiger partial charge in [-0.25, -0.2) is 0 Å². The number of carbonyl (C=O) groups excluding carboxylic acids is 1. The Labute approximate surface area is 134 Å². The number of amides is 1. The molecule has 1 aromatic rings. The molecular weight excluding hydrogens is 272 g/mol. The quantitative estimate of drug-likeness (QED) is 0.877. The predicted octanol–water partition coefficient (Wildman–Crippen LogP) is 3.23. The third-order valence-corrected chi connectivity index (χ3v) is 5.71. The molecule has 1 fully saturated rings. The normalized spacial score (nSPS) is 22.1. The molecule has 0 aliphatic carbocycles. The summed E-state index contributed by atoms with van der Waals surface area (Å²) < 4.78 is 0. The number of hydrogen-bond donors (Lipinski definition) is 1. The lowest BCUT2D eigenvalue weighted by molar-refractivity contribution is -0.143. The van der Waals surface area contributed by atoms with Crippen LogP contribution in [0.4, 0.5) is 0 Å². The molecule has 1 aliphatic heterocycles. The first-order valence-electron chi connectivity index (χ1n) is 8.63. The third-order valence-electron chi connectivity index (χ3n) is 5.71. The van der Waals surface area contributed by atoms with Gasteiger partial charge in [-0.3, -0.25) is 4.79 Å². The number of benzene rings is 1. The first-order chi connectivity index (χ1) is 10.6. The Hall–Kier alpha value is -1.35. The SMILES string of the molecule is CCC(CC)(CN)C(=O)N1CCC(Cc2ccccc2)C1C. The molecule has 0 spiro atoms. The molecule has 0 bridgehead atoms. The summed E-state index contributed by atoms with van der Waals surface area (Å²) in [4.78, 5) is 15.1. The fourth-order valence-electron chi connectivity index (χ4n) is 3.71. The van der Waals surface area contributed by atoms with Gasteiger partial charge in [0.05, 0.1) is 5.41 Å². The Bertz CT molecular complexity index is 473. The van der Waals surface area contributed by atoms with Crippen molar-refractivity contribution in [1.29, 1.82) is 0 Å². The highest BCUT2D eigenvalue weighted by atomic mass is 16.2. The summed E-state index contributed by atoms with van der Waals surface area (Å²) in [6.07, 6.45) is 3.80. The van der Waals surface area contributed by atoms with Gasteiger partial charge in [0.15, 0.2) is 0 Å². The monoisotopic (exact) mass is 302 g/mol. The molecule has 0 aromatic heterocycles. The molecule has 0 radical (unpaired) electrons. The number of hydrogen-bond acceptors (Lipinski definition) is 2. The summed E-state index contributed by atoms with van der Waals surface area (Å²) in [6, 6.07) is 10.9. The smallest absolute Gasteiger partial charge is 0.230 e. The van der Waals surface area contributed by atoms with Crippen molar-refractivity contribution in [1.82, 2.24) is 4.90 Å². The van der Waals surface area contributed by atoms with Crippen molar-refractivity contribution in [2.45, 2.75) is 52.5 Å². The van der Waals surface area contributed by atoms with Gasteiger partial charge in [0.1, 0.15) is 0 Å². The number of nitrogens with zero attached hydrogens (tertiary/aromatic N) is 1. The third kappa shape index (κ3) is 3.19. The van der Waals surface area contributed by atoms with Gasteiger partial charge in [-0.05, 0) is 44.1 Å². The lowest BCUT2D eigenvalue weighted by Crippen LogP contribution is -2.49. The van der Waals surface area contributed by atoms with Crippen LogP contribution in [0.15, 0.2) is 30.3 Å². The average Bonchev–Trinajstić information content (AvgIpc) is 2.91. The molecule has 1 amide bonds. The molecule has 1 aromatic carbocycles. The highest BCUT2D eigenvalue weighted by Crippen LogP contribution is 2.34. The van der Waals surface area contributed by atoms with Crippen LogP contribution in [0.1, 0.15) is 45.6 Å². The number of carbonyl (C=O) groups is 1. The maximum Gasteiger partial charge on any atom is 0.230 e. The minimum atomic E-state index is -0.365. The van der Waals surface area contributed by atoms with E-state index in [1.54, 1.807) is 0 Å². The average molecular weight is 302 g/mol. The van der Waals surface area contributed by atoms with E-state index in [2.05, 4.69) is 56.0 Å². The Kier molecular flexibility index (Phi) is 5.63. The van der Waals surface area contributed by atoms with Crippen LogP contribution in [0.2, 0.25) is 0 Å². The first-order valence-corrected chi connectivity index (χ1v) is 8.63. The van der Waals surface area contributed by atoms with Crippen LogP contribution in [-0.2, 0) is 11.2 Å². The van der Waals surface area contributed by atoms with Gasteiger partial charge in [-0.15, -0.1) is 0 Å². The second-order valence-corrected chi connectivity index (χ2v) is 6.67. The molecule has 1 saturated heterocycles. The topological polar surface area (TPSA) is 46.3 Å². The van der Waals surface area contributed by atoms with Gasteiger partial charge in [-0.1, -0.05) is 44.2 Å². The maximum atomic E-state index is 13.0. The minimum Gasteiger partial charge on any atom is -0.339 e. The Morgan fingerprint density at radius 3 is 2.45 bits per heavy atom. The highest BCUT2D eigenvalue weighted by molar-refractivity contribution is 5.83. The van der Waals surface area contributed by atoms with E-state index in [1.165, 1.54) is 5.56 Å². The van der Waals surface area contributed by atoms with Crippen LogP contribution in [0, 0.1) is 11.3 Å². The second kappa shape index (κ2) is 7.28. The standard InChI is InChI=1S/C19H30N2O/c1-4-19(5-2,14-20)18(22)21-12-11-17(15(21)3)13-16-9-7-6-8-10-16/h6-10,15,17H,4-5,11-14,20H2,1-3H3. The zero-order valence-corrected chi connectivity index (χ0v) is 14.2. The largest absolute Gasteiger partial charge is 0.339 e. The van der Waals surface area contributed by atoms with Crippen LogP contribution in [0.25, 0.3) is 0 Å². The van der Waals surface area contributed by atoms with E-state index in [4.69, 9.17) is 5.73 Å². The van der Waals surface area contributed by atoms with E-state index in [-0.39, 0.29) is 11.3 Å². The lowest BCUT2D eigenvalue weighted by Gasteiger charge is -2.36. The van der Waals surface area contributed by atoms with E-state index >= 15 is 0 Å². The molecule has 1 aliphatic rings. The van der Waals surface area contributed by atoms with Crippen LogP contribution in [0.3, 0.4) is 0 Å². The second-order valence-electron chi connectivity index (χ2n) is 6.67. The van der Waals surface area contributed by atoms with Crippen LogP contribution < -0.4 is 5.73 Å². The lowest BCUT2D eigenvalue weighted by atomic mass is 9.80. The maximum absolute atomic E-state index is 13.0. The van der Waals surface area contributed by atoms with Gasteiger partial charge in [0, 0.05) is 19.1 Å². The van der Waals surface area contributed by atoms with Crippen molar-refractivity contribution in [3.63, 3.8) is 0 Å². The highest BCUT2D eigenvalue weighted by Gasteiger charge is 2.42. The summed E-state index contributed by atoms with van der Waals surface area (Å²) in [5, 5.41) is 0. The van der Waals surface area contributed by atoms with Crippen LogP contribution in [-0.4, -0.2) is 29.9 Å². The molecule has 2 atom stereocenters. The van der Waals surface area contributed by atoms with Crippen molar-refractivity contribution in [3.05, 3.63) is 35.9 Å². The Balaban J connectivity index is 2.07. The molecule has 3 nitrogen and oxygen atoms in total. The van der Waals surface area contributed by atoms with Gasteiger partial charge in [-0.2, -0.15) is 0 Å². The molecule has 2 N–H and O–H groups in total. The van der Waals surface area contributed by atoms with E-state index in [0.717, 1.165) is 32.2 Å². The first kappa shape index (κ1) is 17.0. The zero-order chi connectivity index (χ0) is 16.2. The van der Waals surface area contributed by atoms with Crippen molar-refractivity contribution in [2.24, 2.45) is 17.1 Å². The van der Waals surface area contributed by atoms with Gasteiger partial charge in [0.25, 0.3) is 0 Å². The van der Waals surface area contributed by atoms with Crippen LogP contribution >= 0.6 is 0 Å². The molecule has 1 heterocycles. The molecule has 122 valence electrons. The summed E-state index contributed by atoms with van der Waals surface area (Å²) in [5.41, 5.74) is 6.95. The Morgan fingerprint density at radius 1 is 1.27 bits per heavy atom. The van der Waals surface area contributed by atoms with Crippen LogP contribution in [0.5, 0.6) is 0 Å². The van der Waals surface area contributed by atoms with E-state index in [1.807, 2.05) is 0 Å². The zero-order valence-electron chi connectivity index (χ0n) is 14.2.